The molecule has 0 spiro atoms. The van der Waals surface area contributed by atoms with Gasteiger partial charge < -0.3 is 26.5 Å². The number of amides is 3. The summed E-state index contributed by atoms with van der Waals surface area (Å²) < 4.78 is 0. The van der Waals surface area contributed by atoms with Crippen molar-refractivity contribution in [3.05, 3.63) is 0 Å². The van der Waals surface area contributed by atoms with E-state index in [4.69, 9.17) is 10.9 Å². The number of carbonyl (C=O) groups excluding carboxylic acids is 2. The topological polar surface area (TPSA) is 120 Å². The van der Waals surface area contributed by atoms with Crippen molar-refractivity contribution in [1.29, 1.82) is 0 Å². The molecule has 0 aromatic heterocycles. The maximum Gasteiger partial charge on any atom is 0.316 e. The van der Waals surface area contributed by atoms with Crippen LogP contribution in [0.25, 0.3) is 0 Å². The Balaban J connectivity index is 4.19. The third-order valence-electron chi connectivity index (χ3n) is 2.49. The highest BCUT2D eigenvalue weighted by atomic mass is 16.4. The fraction of sp³-hybridized carbons (Fsp3) is 0.727. The van der Waals surface area contributed by atoms with E-state index in [1.54, 1.807) is 27.9 Å². The van der Waals surface area contributed by atoms with Gasteiger partial charge in [-0.05, 0) is 5.92 Å². The molecule has 0 heterocycles. The van der Waals surface area contributed by atoms with Crippen molar-refractivity contribution in [2.75, 3.05) is 27.2 Å². The first kappa shape index (κ1) is 17.0. The molecule has 8 heteroatoms. The van der Waals surface area contributed by atoms with Crippen LogP contribution in [0.1, 0.15) is 13.8 Å². The van der Waals surface area contributed by atoms with Crippen LogP contribution in [0.3, 0.4) is 0 Å². The minimum absolute atomic E-state index is 0.0905. The molecule has 0 bridgehead atoms. The lowest BCUT2D eigenvalue weighted by atomic mass is 9.94. The molecule has 110 valence electrons. The first-order valence-corrected chi connectivity index (χ1v) is 6.01. The van der Waals surface area contributed by atoms with Crippen molar-refractivity contribution in [2.45, 2.75) is 13.8 Å². The van der Waals surface area contributed by atoms with Gasteiger partial charge in [0.15, 0.2) is 5.84 Å². The Bertz CT molecular complexity index is 341. The van der Waals surface area contributed by atoms with Crippen LogP contribution in [0, 0.1) is 11.8 Å². The summed E-state index contributed by atoms with van der Waals surface area (Å²) in [5.41, 5.74) is 5.47. The van der Waals surface area contributed by atoms with Crippen LogP contribution in [0.5, 0.6) is 0 Å². The molecule has 0 aromatic carbocycles. The van der Waals surface area contributed by atoms with Crippen molar-refractivity contribution in [3.63, 3.8) is 0 Å². The van der Waals surface area contributed by atoms with Gasteiger partial charge in [-0.3, -0.25) is 4.79 Å². The molecule has 0 aromatic rings. The maximum atomic E-state index is 11.9. The highest BCUT2D eigenvalue weighted by Gasteiger charge is 2.26. The molecule has 0 aliphatic heterocycles. The fourth-order valence-electron chi connectivity index (χ4n) is 1.46. The molecular formula is C11H23N5O3. The molecule has 0 saturated carbocycles. The molecule has 0 radical (unpaired) electrons. The standard InChI is InChI=1S/C11H23N5O3/c1-7(2)8(9(12)15-19)10(17)13-5-6-14-11(18)16(3)4/h7-8,19H,5-6H2,1-4H3,(H2,12,15)(H,13,17)(H,14,18). The van der Waals surface area contributed by atoms with Gasteiger partial charge in [0, 0.05) is 27.2 Å². The zero-order valence-corrected chi connectivity index (χ0v) is 11.8. The summed E-state index contributed by atoms with van der Waals surface area (Å²) in [5, 5.41) is 16.7. The molecular weight excluding hydrogens is 250 g/mol. The van der Waals surface area contributed by atoms with Gasteiger partial charge in [0.05, 0.1) is 0 Å². The Labute approximate surface area is 113 Å². The van der Waals surface area contributed by atoms with E-state index >= 15 is 0 Å². The van der Waals surface area contributed by atoms with Crippen LogP contribution < -0.4 is 16.4 Å². The Morgan fingerprint density at radius 3 is 2.21 bits per heavy atom. The average molecular weight is 273 g/mol. The van der Waals surface area contributed by atoms with Gasteiger partial charge in [-0.15, -0.1) is 0 Å². The third-order valence-corrected chi connectivity index (χ3v) is 2.49. The van der Waals surface area contributed by atoms with E-state index in [0.29, 0.717) is 6.54 Å². The van der Waals surface area contributed by atoms with Crippen LogP contribution in [-0.2, 0) is 4.79 Å². The molecule has 0 saturated heterocycles. The van der Waals surface area contributed by atoms with Crippen LogP contribution in [-0.4, -0.2) is 55.1 Å². The molecule has 19 heavy (non-hydrogen) atoms. The molecule has 0 rings (SSSR count). The number of carbonyl (C=O) groups is 2. The van der Waals surface area contributed by atoms with Crippen LogP contribution >= 0.6 is 0 Å². The monoisotopic (exact) mass is 273 g/mol. The zero-order chi connectivity index (χ0) is 15.0. The van der Waals surface area contributed by atoms with Gasteiger partial charge in [0.25, 0.3) is 0 Å². The number of amidine groups is 1. The van der Waals surface area contributed by atoms with Crippen molar-refractivity contribution in [3.8, 4) is 0 Å². The van der Waals surface area contributed by atoms with E-state index in [9.17, 15) is 9.59 Å². The van der Waals surface area contributed by atoms with E-state index in [1.807, 2.05) is 0 Å². The van der Waals surface area contributed by atoms with Crippen LogP contribution in [0.2, 0.25) is 0 Å². The van der Waals surface area contributed by atoms with Crippen molar-refractivity contribution in [2.24, 2.45) is 22.7 Å². The van der Waals surface area contributed by atoms with Gasteiger partial charge in [-0.2, -0.15) is 0 Å². The smallest absolute Gasteiger partial charge is 0.316 e. The second-order valence-corrected chi connectivity index (χ2v) is 4.66. The minimum atomic E-state index is -0.686. The summed E-state index contributed by atoms with van der Waals surface area (Å²) in [5.74, 6) is -1.23. The summed E-state index contributed by atoms with van der Waals surface area (Å²) >= 11 is 0. The van der Waals surface area contributed by atoms with E-state index in [1.165, 1.54) is 4.90 Å². The first-order valence-electron chi connectivity index (χ1n) is 6.01. The lowest BCUT2D eigenvalue weighted by Gasteiger charge is -2.19. The first-order chi connectivity index (χ1) is 8.81. The highest BCUT2D eigenvalue weighted by Crippen LogP contribution is 2.10. The second kappa shape index (κ2) is 8.17. The van der Waals surface area contributed by atoms with E-state index in [0.717, 1.165) is 0 Å². The lowest BCUT2D eigenvalue weighted by molar-refractivity contribution is -0.124. The number of nitrogens with one attached hydrogen (secondary N) is 2. The summed E-state index contributed by atoms with van der Waals surface area (Å²) in [6.45, 7) is 4.19. The number of urea groups is 1. The lowest BCUT2D eigenvalue weighted by Crippen LogP contribution is -2.45. The summed E-state index contributed by atoms with van der Waals surface area (Å²) in [6, 6.07) is -0.230. The predicted octanol–water partition coefficient (Wildman–Crippen LogP) is -0.608. The Morgan fingerprint density at radius 2 is 1.79 bits per heavy atom. The Morgan fingerprint density at radius 1 is 1.26 bits per heavy atom. The van der Waals surface area contributed by atoms with Gasteiger partial charge in [-0.1, -0.05) is 19.0 Å². The Hall–Kier alpha value is -1.99. The zero-order valence-electron chi connectivity index (χ0n) is 11.8. The van der Waals surface area contributed by atoms with Crippen molar-refractivity contribution in [1.82, 2.24) is 15.5 Å². The summed E-state index contributed by atoms with van der Waals surface area (Å²) in [4.78, 5) is 24.5. The van der Waals surface area contributed by atoms with Crippen LogP contribution in [0.15, 0.2) is 5.16 Å². The number of nitrogens with two attached hydrogens (primary N) is 1. The summed E-state index contributed by atoms with van der Waals surface area (Å²) in [7, 11) is 3.25. The highest BCUT2D eigenvalue weighted by molar-refractivity contribution is 6.02. The van der Waals surface area contributed by atoms with Gasteiger partial charge in [0.2, 0.25) is 5.91 Å². The van der Waals surface area contributed by atoms with Gasteiger partial charge >= 0.3 is 6.03 Å². The van der Waals surface area contributed by atoms with Crippen LogP contribution in [0.4, 0.5) is 4.79 Å². The SMILES string of the molecule is CC(C)C(C(=O)NCCNC(=O)N(C)C)C(N)=NO. The van der Waals surface area contributed by atoms with Gasteiger partial charge in [-0.25, -0.2) is 4.79 Å². The molecule has 0 fully saturated rings. The van der Waals surface area contributed by atoms with Crippen molar-refractivity contribution < 1.29 is 14.8 Å². The molecule has 0 aliphatic carbocycles. The second-order valence-electron chi connectivity index (χ2n) is 4.66. The van der Waals surface area contributed by atoms with E-state index in [-0.39, 0.29) is 30.2 Å². The van der Waals surface area contributed by atoms with Crippen molar-refractivity contribution >= 4 is 17.8 Å². The summed E-state index contributed by atoms with van der Waals surface area (Å²) in [6.07, 6.45) is 0. The quantitative estimate of drug-likeness (QED) is 0.170. The minimum Gasteiger partial charge on any atom is -0.409 e. The predicted molar refractivity (Wildman–Crippen MR) is 71.8 cm³/mol. The number of nitrogens with zero attached hydrogens (tertiary/aromatic N) is 2. The molecule has 0 aliphatic rings. The maximum absolute atomic E-state index is 11.9. The number of oxime groups is 1. The van der Waals surface area contributed by atoms with E-state index < -0.39 is 5.92 Å². The Kier molecular flexibility index (Phi) is 7.32. The molecule has 1 unspecified atom stereocenters. The van der Waals surface area contributed by atoms with E-state index in [2.05, 4.69) is 15.8 Å². The molecule has 8 nitrogen and oxygen atoms in total. The molecule has 5 N–H and O–H groups in total. The number of rotatable bonds is 6. The average Bonchev–Trinajstić information content (AvgIpc) is 2.33. The fourth-order valence-corrected chi connectivity index (χ4v) is 1.46. The normalized spacial score (nSPS) is 13.0. The van der Waals surface area contributed by atoms with Gasteiger partial charge in [0.1, 0.15) is 5.92 Å². The molecule has 3 amide bonds. The largest absolute Gasteiger partial charge is 0.409 e. The number of hydrogen-bond donors (Lipinski definition) is 4. The number of hydrogen-bond acceptors (Lipinski definition) is 4. The molecule has 1 atom stereocenters. The third kappa shape index (κ3) is 5.94.